The summed E-state index contributed by atoms with van der Waals surface area (Å²) in [5.74, 6) is -0.345. The second-order valence-electron chi connectivity index (χ2n) is 5.82. The van der Waals surface area contributed by atoms with Gasteiger partial charge in [0.05, 0.1) is 11.2 Å². The second-order valence-corrected chi connectivity index (χ2v) is 8.08. The molecule has 1 rings (SSSR count). The number of hydrogen-bond acceptors (Lipinski definition) is 4. The molecule has 0 aromatic rings. The van der Waals surface area contributed by atoms with Crippen molar-refractivity contribution >= 4 is 28.2 Å². The van der Waals surface area contributed by atoms with Crippen LogP contribution in [0, 0.1) is 5.92 Å². The summed E-state index contributed by atoms with van der Waals surface area (Å²) in [4.78, 5) is 13.9. The Morgan fingerprint density at radius 2 is 1.75 bits per heavy atom. The zero-order chi connectivity index (χ0) is 14.8. The summed E-state index contributed by atoms with van der Waals surface area (Å²) in [6, 6.07) is -0.437. The molecular formula is C13H27ClN2O3S. The van der Waals surface area contributed by atoms with Gasteiger partial charge in [0, 0.05) is 25.4 Å². The summed E-state index contributed by atoms with van der Waals surface area (Å²) in [5, 5.41) is -0.435. The number of sulfone groups is 1. The lowest BCUT2D eigenvalue weighted by Gasteiger charge is -2.38. The molecule has 1 amide bonds. The first-order valence-electron chi connectivity index (χ1n) is 6.87. The molecule has 0 aromatic carbocycles. The molecular weight excluding hydrogens is 300 g/mol. The van der Waals surface area contributed by atoms with Crippen LogP contribution >= 0.6 is 12.4 Å². The Labute approximate surface area is 128 Å². The van der Waals surface area contributed by atoms with Crippen molar-refractivity contribution in [1.29, 1.82) is 0 Å². The summed E-state index contributed by atoms with van der Waals surface area (Å²) in [6.07, 6.45) is 4.56. The smallest absolute Gasteiger partial charge is 0.226 e. The summed E-state index contributed by atoms with van der Waals surface area (Å²) in [7, 11) is -1.42. The van der Waals surface area contributed by atoms with E-state index in [0.717, 1.165) is 19.3 Å². The van der Waals surface area contributed by atoms with Crippen molar-refractivity contribution < 1.29 is 13.2 Å². The maximum atomic E-state index is 12.3. The van der Waals surface area contributed by atoms with Gasteiger partial charge in [-0.1, -0.05) is 19.8 Å². The molecule has 0 saturated heterocycles. The first kappa shape index (κ1) is 19.7. The van der Waals surface area contributed by atoms with Crippen molar-refractivity contribution in [3.05, 3.63) is 0 Å². The fourth-order valence-corrected chi connectivity index (χ4v) is 4.21. The molecule has 1 aliphatic rings. The maximum absolute atomic E-state index is 12.3. The zero-order valence-electron chi connectivity index (χ0n) is 12.7. The number of hydrogen-bond donors (Lipinski definition) is 1. The fraction of sp³-hybridized carbons (Fsp3) is 0.923. The average molecular weight is 327 g/mol. The van der Waals surface area contributed by atoms with Gasteiger partial charge >= 0.3 is 0 Å². The van der Waals surface area contributed by atoms with E-state index >= 15 is 0 Å². The van der Waals surface area contributed by atoms with Crippen LogP contribution < -0.4 is 5.73 Å². The standard InChI is InChI=1S/C13H26N2O3S.ClH/c1-9(10(2)14)13(16)15(3)11-7-5-6-8-12(11)19(4,17)18;/h9-12H,5-8,14H2,1-4H3;1H. The van der Waals surface area contributed by atoms with E-state index in [0.29, 0.717) is 6.42 Å². The first-order valence-corrected chi connectivity index (χ1v) is 8.82. The molecule has 120 valence electrons. The van der Waals surface area contributed by atoms with Crippen LogP contribution in [0.25, 0.3) is 0 Å². The van der Waals surface area contributed by atoms with Crippen molar-refractivity contribution in [3.63, 3.8) is 0 Å². The molecule has 7 heteroatoms. The van der Waals surface area contributed by atoms with Gasteiger partial charge in [-0.2, -0.15) is 0 Å². The number of rotatable bonds is 4. The summed E-state index contributed by atoms with van der Waals surface area (Å²) < 4.78 is 23.7. The number of carbonyl (C=O) groups excluding carboxylic acids is 1. The lowest BCUT2D eigenvalue weighted by atomic mass is 9.92. The highest BCUT2D eigenvalue weighted by molar-refractivity contribution is 7.91. The lowest BCUT2D eigenvalue weighted by Crippen LogP contribution is -2.52. The predicted molar refractivity (Wildman–Crippen MR) is 83.7 cm³/mol. The largest absolute Gasteiger partial charge is 0.341 e. The van der Waals surface area contributed by atoms with Gasteiger partial charge in [0.15, 0.2) is 9.84 Å². The van der Waals surface area contributed by atoms with Gasteiger partial charge in [0.2, 0.25) is 5.91 Å². The average Bonchev–Trinajstić information content (AvgIpc) is 2.35. The minimum absolute atomic E-state index is 0. The van der Waals surface area contributed by atoms with Crippen LogP contribution in [0.3, 0.4) is 0 Å². The third kappa shape index (κ3) is 4.60. The molecule has 0 aliphatic heterocycles. The number of nitrogens with zero attached hydrogens (tertiary/aromatic N) is 1. The quantitative estimate of drug-likeness (QED) is 0.842. The van der Waals surface area contributed by atoms with E-state index in [1.165, 1.54) is 6.26 Å². The highest BCUT2D eigenvalue weighted by Crippen LogP contribution is 2.28. The highest BCUT2D eigenvalue weighted by Gasteiger charge is 2.38. The Kier molecular flexibility index (Phi) is 7.49. The van der Waals surface area contributed by atoms with Gasteiger partial charge in [-0.25, -0.2) is 8.42 Å². The van der Waals surface area contributed by atoms with Crippen molar-refractivity contribution in [2.24, 2.45) is 11.7 Å². The molecule has 4 unspecified atom stereocenters. The van der Waals surface area contributed by atoms with Crippen molar-refractivity contribution in [3.8, 4) is 0 Å². The minimum atomic E-state index is -3.12. The Hall–Kier alpha value is -0.330. The van der Waals surface area contributed by atoms with E-state index in [1.807, 2.05) is 0 Å². The predicted octanol–water partition coefficient (Wildman–Crippen LogP) is 1.21. The summed E-state index contributed by atoms with van der Waals surface area (Å²) >= 11 is 0. The Morgan fingerprint density at radius 3 is 2.20 bits per heavy atom. The monoisotopic (exact) mass is 326 g/mol. The number of carbonyl (C=O) groups is 1. The van der Waals surface area contributed by atoms with Crippen LogP contribution in [0.5, 0.6) is 0 Å². The molecule has 0 spiro atoms. The maximum Gasteiger partial charge on any atom is 0.226 e. The fourth-order valence-electron chi connectivity index (χ4n) is 2.73. The molecule has 1 saturated carbocycles. The van der Waals surface area contributed by atoms with Gasteiger partial charge in [-0.05, 0) is 19.8 Å². The van der Waals surface area contributed by atoms with Crippen LogP contribution in [0.2, 0.25) is 0 Å². The molecule has 5 nitrogen and oxygen atoms in total. The molecule has 0 radical (unpaired) electrons. The first-order chi connectivity index (χ1) is 8.66. The van der Waals surface area contributed by atoms with E-state index in [4.69, 9.17) is 5.73 Å². The molecule has 1 fully saturated rings. The van der Waals surface area contributed by atoms with Crippen molar-refractivity contribution in [2.45, 2.75) is 56.9 Å². The Morgan fingerprint density at radius 1 is 1.25 bits per heavy atom. The molecule has 1 aliphatic carbocycles. The van der Waals surface area contributed by atoms with Gasteiger partial charge in [-0.3, -0.25) is 4.79 Å². The normalized spacial score (nSPS) is 26.2. The van der Waals surface area contributed by atoms with E-state index in [1.54, 1.807) is 25.8 Å². The summed E-state index contributed by atoms with van der Waals surface area (Å²) in [6.45, 7) is 3.59. The number of halogens is 1. The van der Waals surface area contributed by atoms with Crippen LogP contribution in [-0.2, 0) is 14.6 Å². The van der Waals surface area contributed by atoms with Crippen LogP contribution in [0.4, 0.5) is 0 Å². The van der Waals surface area contributed by atoms with Gasteiger partial charge in [-0.15, -0.1) is 12.4 Å². The molecule has 2 N–H and O–H groups in total. The zero-order valence-corrected chi connectivity index (χ0v) is 14.3. The van der Waals surface area contributed by atoms with Crippen LogP contribution in [0.15, 0.2) is 0 Å². The van der Waals surface area contributed by atoms with Gasteiger partial charge in [0.25, 0.3) is 0 Å². The molecule has 4 atom stereocenters. The lowest BCUT2D eigenvalue weighted by molar-refractivity contribution is -0.136. The topological polar surface area (TPSA) is 80.5 Å². The van der Waals surface area contributed by atoms with E-state index in [9.17, 15) is 13.2 Å². The molecule has 20 heavy (non-hydrogen) atoms. The van der Waals surface area contributed by atoms with Crippen molar-refractivity contribution in [2.75, 3.05) is 13.3 Å². The molecule has 0 aromatic heterocycles. The minimum Gasteiger partial charge on any atom is -0.341 e. The number of amides is 1. The SMILES string of the molecule is CC(N)C(C)C(=O)N(C)C1CCCCC1S(C)(=O)=O.Cl. The van der Waals surface area contributed by atoms with Gasteiger partial charge in [0.1, 0.15) is 0 Å². The molecule has 0 heterocycles. The van der Waals surface area contributed by atoms with Crippen LogP contribution in [-0.4, -0.2) is 49.9 Å². The third-order valence-electron chi connectivity index (χ3n) is 4.24. The Balaban J connectivity index is 0.00000361. The highest BCUT2D eigenvalue weighted by atomic mass is 35.5. The molecule has 0 bridgehead atoms. The summed E-state index contributed by atoms with van der Waals surface area (Å²) in [5.41, 5.74) is 5.76. The number of nitrogens with two attached hydrogens (primary N) is 1. The second kappa shape index (κ2) is 7.61. The van der Waals surface area contributed by atoms with Crippen LogP contribution in [0.1, 0.15) is 39.5 Å². The van der Waals surface area contributed by atoms with E-state index in [-0.39, 0.29) is 36.3 Å². The van der Waals surface area contributed by atoms with E-state index < -0.39 is 15.1 Å². The Bertz CT molecular complexity index is 425. The van der Waals surface area contributed by atoms with Gasteiger partial charge < -0.3 is 10.6 Å². The third-order valence-corrected chi connectivity index (χ3v) is 5.89. The van der Waals surface area contributed by atoms with E-state index in [2.05, 4.69) is 0 Å². The van der Waals surface area contributed by atoms with Crippen molar-refractivity contribution in [1.82, 2.24) is 4.90 Å².